The second-order valence-electron chi connectivity index (χ2n) is 4.09. The maximum Gasteiger partial charge on any atom is 0.336 e. The molecule has 2 rings (SSSR count). The van der Waals surface area contributed by atoms with E-state index in [1.165, 1.54) is 0 Å². The van der Waals surface area contributed by atoms with Crippen molar-refractivity contribution in [1.82, 2.24) is 0 Å². The van der Waals surface area contributed by atoms with Gasteiger partial charge in [0.05, 0.1) is 5.56 Å². The molecule has 0 bridgehead atoms. The van der Waals surface area contributed by atoms with Crippen molar-refractivity contribution in [3.8, 4) is 17.2 Å². The van der Waals surface area contributed by atoms with Gasteiger partial charge < -0.3 is 20.4 Å². The predicted octanol–water partition coefficient (Wildman–Crippen LogP) is 2.09. The van der Waals surface area contributed by atoms with E-state index in [0.717, 1.165) is 11.6 Å². The van der Waals surface area contributed by atoms with Crippen molar-refractivity contribution >= 4 is 5.97 Å². The first-order valence-corrected chi connectivity index (χ1v) is 5.54. The van der Waals surface area contributed by atoms with Crippen LogP contribution in [0.4, 0.5) is 0 Å². The quantitative estimate of drug-likeness (QED) is 0.633. The third-order valence-electron chi connectivity index (χ3n) is 2.81. The summed E-state index contributed by atoms with van der Waals surface area (Å²) in [6.45, 7) is 0. The van der Waals surface area contributed by atoms with Gasteiger partial charge in [0.1, 0.15) is 0 Å². The third kappa shape index (κ3) is 2.44. The van der Waals surface area contributed by atoms with Crippen LogP contribution in [0.25, 0.3) is 0 Å². The fourth-order valence-electron chi connectivity index (χ4n) is 1.85. The molecule has 0 aliphatic heterocycles. The van der Waals surface area contributed by atoms with Crippen LogP contribution in [0.15, 0.2) is 36.4 Å². The van der Waals surface area contributed by atoms with Crippen LogP contribution in [-0.2, 0) is 6.42 Å². The van der Waals surface area contributed by atoms with Crippen LogP contribution >= 0.6 is 0 Å². The first kappa shape index (κ1) is 12.8. The average Bonchev–Trinajstić information content (AvgIpc) is 2.40. The van der Waals surface area contributed by atoms with Crippen LogP contribution < -0.4 is 0 Å². The largest absolute Gasteiger partial charge is 0.504 e. The van der Waals surface area contributed by atoms with Crippen LogP contribution in [0.1, 0.15) is 21.5 Å². The lowest BCUT2D eigenvalue weighted by Gasteiger charge is -2.11. The molecule has 0 amide bonds. The zero-order valence-corrected chi connectivity index (χ0v) is 9.87. The topological polar surface area (TPSA) is 98.0 Å². The Morgan fingerprint density at radius 3 is 2.21 bits per heavy atom. The van der Waals surface area contributed by atoms with Crippen LogP contribution in [0.3, 0.4) is 0 Å². The number of hydrogen-bond acceptors (Lipinski definition) is 4. The standard InChI is InChI=1S/C14H12O5/c15-11-7-10(14(18)19)9(12(16)13(11)17)6-8-4-2-1-3-5-8/h1-5,7,15-17H,6H2,(H,18,19). The highest BCUT2D eigenvalue weighted by Gasteiger charge is 2.21. The van der Waals surface area contributed by atoms with Crippen molar-refractivity contribution in [2.45, 2.75) is 6.42 Å². The summed E-state index contributed by atoms with van der Waals surface area (Å²) in [6, 6.07) is 9.86. The molecular formula is C14H12O5. The molecule has 5 nitrogen and oxygen atoms in total. The number of phenols is 3. The SMILES string of the molecule is O=C(O)c1cc(O)c(O)c(O)c1Cc1ccccc1. The first-order chi connectivity index (χ1) is 9.00. The summed E-state index contributed by atoms with van der Waals surface area (Å²) in [4.78, 5) is 11.1. The zero-order valence-electron chi connectivity index (χ0n) is 9.87. The maximum atomic E-state index is 11.1. The Morgan fingerprint density at radius 1 is 1.00 bits per heavy atom. The van der Waals surface area contributed by atoms with Crippen molar-refractivity contribution in [2.24, 2.45) is 0 Å². The highest BCUT2D eigenvalue weighted by Crippen LogP contribution is 2.40. The van der Waals surface area contributed by atoms with Gasteiger partial charge in [-0.05, 0) is 11.6 Å². The smallest absolute Gasteiger partial charge is 0.336 e. The molecule has 0 fully saturated rings. The minimum Gasteiger partial charge on any atom is -0.504 e. The zero-order chi connectivity index (χ0) is 14.0. The van der Waals surface area contributed by atoms with Gasteiger partial charge in [0.15, 0.2) is 11.5 Å². The molecule has 0 saturated carbocycles. The normalized spacial score (nSPS) is 10.3. The van der Waals surface area contributed by atoms with Gasteiger partial charge in [-0.15, -0.1) is 0 Å². The molecule has 0 aliphatic rings. The van der Waals surface area contributed by atoms with Crippen LogP contribution in [0.2, 0.25) is 0 Å². The van der Waals surface area contributed by atoms with Gasteiger partial charge in [0, 0.05) is 12.0 Å². The summed E-state index contributed by atoms with van der Waals surface area (Å²) in [5, 5.41) is 37.7. The summed E-state index contributed by atoms with van der Waals surface area (Å²) in [5.41, 5.74) is 0.607. The lowest BCUT2D eigenvalue weighted by molar-refractivity contribution is 0.0694. The van der Waals surface area contributed by atoms with Crippen molar-refractivity contribution in [2.75, 3.05) is 0 Å². The number of carboxylic acids is 1. The van der Waals surface area contributed by atoms with Gasteiger partial charge in [-0.1, -0.05) is 30.3 Å². The summed E-state index contributed by atoms with van der Waals surface area (Å²) in [5.74, 6) is -3.26. The Morgan fingerprint density at radius 2 is 1.63 bits per heavy atom. The lowest BCUT2D eigenvalue weighted by Crippen LogP contribution is -2.04. The van der Waals surface area contributed by atoms with E-state index in [0.29, 0.717) is 0 Å². The fraction of sp³-hybridized carbons (Fsp3) is 0.0714. The molecule has 4 N–H and O–H groups in total. The van der Waals surface area contributed by atoms with Crippen molar-refractivity contribution in [3.05, 3.63) is 53.1 Å². The van der Waals surface area contributed by atoms with E-state index in [9.17, 15) is 20.1 Å². The Kier molecular flexibility index (Phi) is 3.29. The lowest BCUT2D eigenvalue weighted by atomic mass is 9.97. The van der Waals surface area contributed by atoms with Gasteiger partial charge in [-0.2, -0.15) is 0 Å². The number of hydrogen-bond donors (Lipinski definition) is 4. The first-order valence-electron chi connectivity index (χ1n) is 5.54. The fourth-order valence-corrected chi connectivity index (χ4v) is 1.85. The van der Waals surface area contributed by atoms with E-state index in [-0.39, 0.29) is 17.5 Å². The highest BCUT2D eigenvalue weighted by molar-refractivity contribution is 5.92. The predicted molar refractivity (Wildman–Crippen MR) is 67.6 cm³/mol. The molecule has 19 heavy (non-hydrogen) atoms. The molecule has 0 saturated heterocycles. The third-order valence-corrected chi connectivity index (χ3v) is 2.81. The van der Waals surface area contributed by atoms with Crippen LogP contribution in [0, 0.1) is 0 Å². The molecular weight excluding hydrogens is 248 g/mol. The highest BCUT2D eigenvalue weighted by atomic mass is 16.4. The van der Waals surface area contributed by atoms with Crippen LogP contribution in [0.5, 0.6) is 17.2 Å². The Bertz CT molecular complexity index is 619. The number of rotatable bonds is 3. The summed E-state index contributed by atoms with van der Waals surface area (Å²) < 4.78 is 0. The van der Waals surface area contributed by atoms with E-state index in [4.69, 9.17) is 5.11 Å². The van der Waals surface area contributed by atoms with Gasteiger partial charge >= 0.3 is 5.97 Å². The van der Waals surface area contributed by atoms with Gasteiger partial charge in [0.2, 0.25) is 5.75 Å². The minimum atomic E-state index is -1.28. The number of aromatic hydroxyl groups is 3. The average molecular weight is 260 g/mol. The van der Waals surface area contributed by atoms with Crippen molar-refractivity contribution in [3.63, 3.8) is 0 Å². The van der Waals surface area contributed by atoms with E-state index in [1.807, 2.05) is 6.07 Å². The molecule has 0 radical (unpaired) electrons. The number of phenolic OH excluding ortho intramolecular Hbond substituents is 3. The van der Waals surface area contributed by atoms with E-state index < -0.39 is 23.2 Å². The molecule has 0 heterocycles. The van der Waals surface area contributed by atoms with Gasteiger partial charge in [-0.25, -0.2) is 4.79 Å². The number of carbonyl (C=O) groups is 1. The molecule has 2 aromatic rings. The van der Waals surface area contributed by atoms with Crippen LogP contribution in [-0.4, -0.2) is 26.4 Å². The number of benzene rings is 2. The molecule has 0 unspecified atom stereocenters. The van der Waals surface area contributed by atoms with Crippen molar-refractivity contribution in [1.29, 1.82) is 0 Å². The van der Waals surface area contributed by atoms with E-state index in [1.54, 1.807) is 24.3 Å². The molecule has 0 aromatic heterocycles. The Hall–Kier alpha value is -2.69. The van der Waals surface area contributed by atoms with Crippen molar-refractivity contribution < 1.29 is 25.2 Å². The summed E-state index contributed by atoms with van der Waals surface area (Å²) >= 11 is 0. The molecule has 0 spiro atoms. The molecule has 2 aromatic carbocycles. The molecule has 0 aliphatic carbocycles. The summed E-state index contributed by atoms with van der Waals surface area (Å²) in [7, 11) is 0. The minimum absolute atomic E-state index is 0.0639. The monoisotopic (exact) mass is 260 g/mol. The second-order valence-corrected chi connectivity index (χ2v) is 4.09. The molecule has 0 atom stereocenters. The van der Waals surface area contributed by atoms with E-state index >= 15 is 0 Å². The second kappa shape index (κ2) is 4.89. The Balaban J connectivity index is 2.55. The summed E-state index contributed by atoms with van der Waals surface area (Å²) in [6.07, 6.45) is 0.141. The maximum absolute atomic E-state index is 11.1. The Labute approximate surface area is 109 Å². The molecule has 5 heteroatoms. The van der Waals surface area contributed by atoms with Gasteiger partial charge in [0.25, 0.3) is 0 Å². The number of aromatic carboxylic acids is 1. The molecule has 98 valence electrons. The number of carboxylic acid groups (broad SMARTS) is 1. The van der Waals surface area contributed by atoms with E-state index in [2.05, 4.69) is 0 Å². The van der Waals surface area contributed by atoms with Gasteiger partial charge in [-0.3, -0.25) is 0 Å².